The summed E-state index contributed by atoms with van der Waals surface area (Å²) >= 11 is 2.22. The normalized spacial score (nSPS) is 15.0. The Labute approximate surface area is 132 Å². The van der Waals surface area contributed by atoms with Crippen LogP contribution in [0.4, 0.5) is 10.6 Å². The van der Waals surface area contributed by atoms with Gasteiger partial charge in [-0.05, 0) is 55.5 Å². The topological polar surface area (TPSA) is 54.5 Å². The van der Waals surface area contributed by atoms with Gasteiger partial charge in [0.1, 0.15) is 11.4 Å². The monoisotopic (exact) mass is 387 g/mol. The number of pyridine rings is 1. The van der Waals surface area contributed by atoms with Gasteiger partial charge in [0.15, 0.2) is 0 Å². The highest BCUT2D eigenvalue weighted by atomic mass is 127. The van der Waals surface area contributed by atoms with Crippen molar-refractivity contribution < 1.29 is 9.53 Å². The number of carbonyl (C=O) groups excluding carboxylic acids is 1. The van der Waals surface area contributed by atoms with Crippen molar-refractivity contribution in [3.8, 4) is 0 Å². The molecule has 1 amide bonds. The Morgan fingerprint density at radius 1 is 1.45 bits per heavy atom. The molecular formula is C14H18IN3O2. The van der Waals surface area contributed by atoms with Gasteiger partial charge in [0.25, 0.3) is 0 Å². The number of carbonyl (C=O) groups is 1. The van der Waals surface area contributed by atoms with Crippen molar-refractivity contribution in [1.29, 1.82) is 0 Å². The van der Waals surface area contributed by atoms with Gasteiger partial charge in [-0.3, -0.25) is 5.32 Å². The van der Waals surface area contributed by atoms with E-state index in [4.69, 9.17) is 4.74 Å². The third-order valence-electron chi connectivity index (χ3n) is 2.60. The molecule has 1 aromatic heterocycles. The first kappa shape index (κ1) is 15.1. The van der Waals surface area contributed by atoms with Crippen molar-refractivity contribution in [2.24, 2.45) is 0 Å². The molecule has 0 unspecified atom stereocenters. The van der Waals surface area contributed by atoms with Crippen LogP contribution in [0, 0.1) is 3.57 Å². The Bertz CT molecular complexity index is 520. The Morgan fingerprint density at radius 2 is 2.20 bits per heavy atom. The largest absolute Gasteiger partial charge is 0.444 e. The second-order valence-electron chi connectivity index (χ2n) is 5.56. The van der Waals surface area contributed by atoms with Crippen LogP contribution < -0.4 is 10.2 Å². The number of hydrogen-bond donors (Lipinski definition) is 1. The lowest BCUT2D eigenvalue weighted by atomic mass is 10.2. The van der Waals surface area contributed by atoms with Crippen LogP contribution >= 0.6 is 22.6 Å². The molecule has 1 aliphatic rings. The Hall–Kier alpha value is -1.31. The highest BCUT2D eigenvalue weighted by Crippen LogP contribution is 2.20. The van der Waals surface area contributed by atoms with Gasteiger partial charge in [-0.1, -0.05) is 0 Å². The summed E-state index contributed by atoms with van der Waals surface area (Å²) in [6, 6.07) is 3.98. The predicted octanol–water partition coefficient (Wildman–Crippen LogP) is 3.26. The van der Waals surface area contributed by atoms with Crippen LogP contribution in [0.25, 0.3) is 0 Å². The molecule has 0 aliphatic carbocycles. The zero-order valence-electron chi connectivity index (χ0n) is 11.8. The van der Waals surface area contributed by atoms with Gasteiger partial charge in [0, 0.05) is 34.6 Å². The first-order chi connectivity index (χ1) is 9.33. The molecule has 0 spiro atoms. The van der Waals surface area contributed by atoms with E-state index >= 15 is 0 Å². The molecule has 0 fully saturated rings. The van der Waals surface area contributed by atoms with Gasteiger partial charge in [-0.25, -0.2) is 9.78 Å². The molecule has 0 bridgehead atoms. The van der Waals surface area contributed by atoms with E-state index in [0.717, 1.165) is 28.1 Å². The minimum atomic E-state index is -0.486. The summed E-state index contributed by atoms with van der Waals surface area (Å²) in [5.41, 5.74) is 0.361. The van der Waals surface area contributed by atoms with Crippen molar-refractivity contribution in [3.63, 3.8) is 0 Å². The van der Waals surface area contributed by atoms with Crippen LogP contribution in [-0.4, -0.2) is 23.2 Å². The van der Waals surface area contributed by atoms with E-state index in [0.29, 0.717) is 0 Å². The van der Waals surface area contributed by atoms with Crippen molar-refractivity contribution >= 4 is 34.5 Å². The van der Waals surface area contributed by atoms with Gasteiger partial charge in [-0.2, -0.15) is 0 Å². The molecule has 1 aromatic rings. The van der Waals surface area contributed by atoms with E-state index in [9.17, 15) is 4.79 Å². The van der Waals surface area contributed by atoms with Crippen molar-refractivity contribution in [2.45, 2.75) is 32.8 Å². The lowest BCUT2D eigenvalue weighted by molar-refractivity contribution is 0.0545. The Balaban J connectivity index is 1.97. The number of hydrogen-bond acceptors (Lipinski definition) is 4. The zero-order chi connectivity index (χ0) is 14.8. The molecular weight excluding hydrogens is 369 g/mol. The molecule has 2 rings (SSSR count). The quantitative estimate of drug-likeness (QED) is 0.792. The molecule has 0 saturated heterocycles. The highest BCUT2D eigenvalue weighted by Gasteiger charge is 2.20. The number of ether oxygens (including phenoxy) is 1. The zero-order valence-corrected chi connectivity index (χ0v) is 14.0. The van der Waals surface area contributed by atoms with Gasteiger partial charge in [-0.15, -0.1) is 0 Å². The van der Waals surface area contributed by atoms with E-state index in [1.807, 2.05) is 50.2 Å². The van der Waals surface area contributed by atoms with Crippen LogP contribution in [0.2, 0.25) is 0 Å². The number of nitrogens with zero attached hydrogens (tertiary/aromatic N) is 2. The SMILES string of the molecule is CC(C)(C)OC(=O)NC1=CN(c2ccc(I)cn2)CC1. The summed E-state index contributed by atoms with van der Waals surface area (Å²) in [6.07, 6.45) is 4.08. The summed E-state index contributed by atoms with van der Waals surface area (Å²) in [7, 11) is 0. The fraction of sp³-hybridized carbons (Fsp3) is 0.429. The van der Waals surface area contributed by atoms with Gasteiger partial charge >= 0.3 is 6.09 Å². The number of nitrogens with one attached hydrogen (secondary N) is 1. The average Bonchev–Trinajstić information content (AvgIpc) is 2.75. The highest BCUT2D eigenvalue weighted by molar-refractivity contribution is 14.1. The average molecular weight is 387 g/mol. The van der Waals surface area contributed by atoms with Crippen molar-refractivity contribution in [1.82, 2.24) is 10.3 Å². The molecule has 0 atom stereocenters. The number of anilines is 1. The number of rotatable bonds is 2. The summed E-state index contributed by atoms with van der Waals surface area (Å²) in [5, 5.41) is 2.78. The number of halogens is 1. The Kier molecular flexibility index (Phi) is 4.52. The molecule has 0 saturated carbocycles. The van der Waals surface area contributed by atoms with Crippen LogP contribution in [0.15, 0.2) is 30.2 Å². The van der Waals surface area contributed by atoms with E-state index < -0.39 is 11.7 Å². The third-order valence-corrected chi connectivity index (χ3v) is 3.24. The molecule has 1 aliphatic heterocycles. The maximum atomic E-state index is 11.7. The van der Waals surface area contributed by atoms with Gasteiger partial charge in [0.2, 0.25) is 0 Å². The van der Waals surface area contributed by atoms with Crippen molar-refractivity contribution in [2.75, 3.05) is 11.4 Å². The molecule has 6 heteroatoms. The molecule has 0 aromatic carbocycles. The van der Waals surface area contributed by atoms with Gasteiger partial charge < -0.3 is 9.64 Å². The minimum absolute atomic E-state index is 0.416. The molecule has 2 heterocycles. The summed E-state index contributed by atoms with van der Waals surface area (Å²) in [5.74, 6) is 0.881. The summed E-state index contributed by atoms with van der Waals surface area (Å²) in [4.78, 5) is 18.1. The standard InChI is InChI=1S/C14H18IN3O2/c1-14(2,3)20-13(19)17-11-6-7-18(9-11)12-5-4-10(15)8-16-12/h4-5,8-9H,6-7H2,1-3H3,(H,17,19). The first-order valence-electron chi connectivity index (χ1n) is 6.42. The predicted molar refractivity (Wildman–Crippen MR) is 86.4 cm³/mol. The van der Waals surface area contributed by atoms with Gasteiger partial charge in [0.05, 0.1) is 0 Å². The molecule has 0 radical (unpaired) electrons. The minimum Gasteiger partial charge on any atom is -0.444 e. The van der Waals surface area contributed by atoms with Crippen LogP contribution in [0.3, 0.4) is 0 Å². The fourth-order valence-corrected chi connectivity index (χ4v) is 2.13. The Morgan fingerprint density at radius 3 is 2.80 bits per heavy atom. The number of alkyl carbamates (subject to hydrolysis) is 1. The lowest BCUT2D eigenvalue weighted by Gasteiger charge is -2.19. The summed E-state index contributed by atoms with van der Waals surface area (Å²) in [6.45, 7) is 6.34. The lowest BCUT2D eigenvalue weighted by Crippen LogP contribution is -2.31. The second kappa shape index (κ2) is 5.99. The first-order valence-corrected chi connectivity index (χ1v) is 7.50. The maximum Gasteiger partial charge on any atom is 0.411 e. The van der Waals surface area contributed by atoms with E-state index in [2.05, 4.69) is 32.9 Å². The smallest absolute Gasteiger partial charge is 0.411 e. The second-order valence-corrected chi connectivity index (χ2v) is 6.80. The van der Waals surface area contributed by atoms with Crippen molar-refractivity contribution in [3.05, 3.63) is 33.8 Å². The molecule has 5 nitrogen and oxygen atoms in total. The van der Waals surface area contributed by atoms with E-state index in [1.54, 1.807) is 0 Å². The van der Waals surface area contributed by atoms with Crippen LogP contribution in [-0.2, 0) is 4.74 Å². The van der Waals surface area contributed by atoms with E-state index in [-0.39, 0.29) is 0 Å². The number of aromatic nitrogens is 1. The molecule has 1 N–H and O–H groups in total. The van der Waals surface area contributed by atoms with Crippen LogP contribution in [0.5, 0.6) is 0 Å². The maximum absolute atomic E-state index is 11.7. The fourth-order valence-electron chi connectivity index (χ4n) is 1.81. The summed E-state index contributed by atoms with van der Waals surface area (Å²) < 4.78 is 6.33. The molecule has 108 valence electrons. The van der Waals surface area contributed by atoms with E-state index in [1.165, 1.54) is 0 Å². The number of amides is 1. The molecule has 20 heavy (non-hydrogen) atoms. The van der Waals surface area contributed by atoms with Crippen LogP contribution in [0.1, 0.15) is 27.2 Å². The third kappa shape index (κ3) is 4.36.